The summed E-state index contributed by atoms with van der Waals surface area (Å²) < 4.78 is 0. The molecule has 0 aromatic carbocycles. The molecule has 2 unspecified atom stereocenters. The standard InChI is InChI=1S/C13H23NO3/c1-3-10(13(16)17)8-9-14(2)11-6-4-5-7-12(11)15/h8,11-12,15H,3-7,9H2,1-2H3,(H,16,17). The topological polar surface area (TPSA) is 60.8 Å². The molecule has 1 saturated carbocycles. The average Bonchev–Trinajstić information content (AvgIpc) is 2.29. The summed E-state index contributed by atoms with van der Waals surface area (Å²) in [7, 11) is 1.95. The number of hydrogen-bond acceptors (Lipinski definition) is 3. The Labute approximate surface area is 103 Å². The van der Waals surface area contributed by atoms with Crippen molar-refractivity contribution in [1.29, 1.82) is 0 Å². The SMILES string of the molecule is CCC(=CCN(C)C1CCCCC1O)C(=O)O. The number of nitrogens with zero attached hydrogens (tertiary/aromatic N) is 1. The predicted octanol–water partition coefficient (Wildman–Crippen LogP) is 1.64. The summed E-state index contributed by atoms with van der Waals surface area (Å²) in [5.41, 5.74) is 0.446. The van der Waals surface area contributed by atoms with Gasteiger partial charge >= 0.3 is 5.97 Å². The van der Waals surface area contributed by atoms with Gasteiger partial charge < -0.3 is 10.2 Å². The molecule has 0 aromatic heterocycles. The quantitative estimate of drug-likeness (QED) is 0.718. The maximum Gasteiger partial charge on any atom is 0.331 e. The molecule has 0 aliphatic heterocycles. The van der Waals surface area contributed by atoms with E-state index in [0.29, 0.717) is 18.5 Å². The molecule has 17 heavy (non-hydrogen) atoms. The van der Waals surface area contributed by atoms with Gasteiger partial charge in [0.15, 0.2) is 0 Å². The van der Waals surface area contributed by atoms with Crippen LogP contribution in [0.3, 0.4) is 0 Å². The molecule has 0 radical (unpaired) electrons. The fraction of sp³-hybridized carbons (Fsp3) is 0.769. The van der Waals surface area contributed by atoms with Crippen LogP contribution in [0.15, 0.2) is 11.6 Å². The number of hydrogen-bond donors (Lipinski definition) is 2. The minimum absolute atomic E-state index is 0.173. The van der Waals surface area contributed by atoms with E-state index < -0.39 is 5.97 Å². The van der Waals surface area contributed by atoms with E-state index in [1.165, 1.54) is 0 Å². The summed E-state index contributed by atoms with van der Waals surface area (Å²) in [6.07, 6.45) is 6.13. The summed E-state index contributed by atoms with van der Waals surface area (Å²) in [5.74, 6) is -0.843. The van der Waals surface area contributed by atoms with Crippen LogP contribution in [0.25, 0.3) is 0 Å². The average molecular weight is 241 g/mol. The second kappa shape index (κ2) is 6.77. The van der Waals surface area contributed by atoms with E-state index in [0.717, 1.165) is 25.7 Å². The van der Waals surface area contributed by atoms with Crippen LogP contribution in [0.1, 0.15) is 39.0 Å². The van der Waals surface area contributed by atoms with Crippen molar-refractivity contribution in [2.45, 2.75) is 51.2 Å². The van der Waals surface area contributed by atoms with Crippen molar-refractivity contribution in [2.24, 2.45) is 0 Å². The molecule has 4 heteroatoms. The molecule has 0 aromatic rings. The lowest BCUT2D eigenvalue weighted by molar-refractivity contribution is -0.132. The molecule has 0 bridgehead atoms. The van der Waals surface area contributed by atoms with E-state index in [1.807, 2.05) is 14.0 Å². The van der Waals surface area contributed by atoms with Gasteiger partial charge in [-0.15, -0.1) is 0 Å². The van der Waals surface area contributed by atoms with E-state index in [4.69, 9.17) is 5.11 Å². The monoisotopic (exact) mass is 241 g/mol. The van der Waals surface area contributed by atoms with Crippen molar-refractivity contribution in [3.8, 4) is 0 Å². The highest BCUT2D eigenvalue weighted by molar-refractivity contribution is 5.86. The van der Waals surface area contributed by atoms with Crippen molar-refractivity contribution >= 4 is 5.97 Å². The zero-order valence-corrected chi connectivity index (χ0v) is 10.7. The third-order valence-corrected chi connectivity index (χ3v) is 3.54. The number of carboxylic acid groups (broad SMARTS) is 1. The maximum atomic E-state index is 10.8. The van der Waals surface area contributed by atoms with E-state index in [9.17, 15) is 9.90 Å². The van der Waals surface area contributed by atoms with Gasteiger partial charge in [-0.2, -0.15) is 0 Å². The van der Waals surface area contributed by atoms with Gasteiger partial charge in [-0.3, -0.25) is 4.90 Å². The fourth-order valence-electron chi connectivity index (χ4n) is 2.38. The van der Waals surface area contributed by atoms with Crippen molar-refractivity contribution in [2.75, 3.05) is 13.6 Å². The van der Waals surface area contributed by atoms with Crippen molar-refractivity contribution in [1.82, 2.24) is 4.90 Å². The van der Waals surface area contributed by atoms with Crippen LogP contribution in [0.2, 0.25) is 0 Å². The highest BCUT2D eigenvalue weighted by Crippen LogP contribution is 2.22. The van der Waals surface area contributed by atoms with Crippen LogP contribution in [-0.4, -0.2) is 46.8 Å². The Morgan fingerprint density at radius 2 is 2.06 bits per heavy atom. The van der Waals surface area contributed by atoms with Gasteiger partial charge in [0.2, 0.25) is 0 Å². The number of rotatable bonds is 5. The van der Waals surface area contributed by atoms with Crippen LogP contribution in [0.4, 0.5) is 0 Å². The lowest BCUT2D eigenvalue weighted by Crippen LogP contribution is -2.43. The normalized spacial score (nSPS) is 26.2. The Balaban J connectivity index is 2.52. The Bertz CT molecular complexity index is 288. The summed E-state index contributed by atoms with van der Waals surface area (Å²) in [6, 6.07) is 0.173. The van der Waals surface area contributed by atoms with E-state index >= 15 is 0 Å². The molecular weight excluding hydrogens is 218 g/mol. The van der Waals surface area contributed by atoms with Crippen LogP contribution in [0.5, 0.6) is 0 Å². The highest BCUT2D eigenvalue weighted by Gasteiger charge is 2.25. The van der Waals surface area contributed by atoms with Crippen LogP contribution in [-0.2, 0) is 4.79 Å². The summed E-state index contributed by atoms with van der Waals surface area (Å²) in [5, 5.41) is 18.8. The first kappa shape index (κ1) is 14.2. The fourth-order valence-corrected chi connectivity index (χ4v) is 2.38. The van der Waals surface area contributed by atoms with Gasteiger partial charge in [0.05, 0.1) is 6.10 Å². The van der Waals surface area contributed by atoms with Crippen molar-refractivity contribution < 1.29 is 15.0 Å². The van der Waals surface area contributed by atoms with E-state index in [1.54, 1.807) is 6.08 Å². The third kappa shape index (κ3) is 4.13. The highest BCUT2D eigenvalue weighted by atomic mass is 16.4. The number of carbonyl (C=O) groups is 1. The predicted molar refractivity (Wildman–Crippen MR) is 66.9 cm³/mol. The zero-order valence-electron chi connectivity index (χ0n) is 10.7. The molecule has 98 valence electrons. The molecule has 2 atom stereocenters. The zero-order chi connectivity index (χ0) is 12.8. The second-order valence-electron chi connectivity index (χ2n) is 4.75. The first-order valence-electron chi connectivity index (χ1n) is 6.36. The first-order valence-corrected chi connectivity index (χ1v) is 6.36. The number of aliphatic carboxylic acids is 1. The van der Waals surface area contributed by atoms with Crippen LogP contribution in [0, 0.1) is 0 Å². The largest absolute Gasteiger partial charge is 0.478 e. The second-order valence-corrected chi connectivity index (χ2v) is 4.75. The Hall–Kier alpha value is -0.870. The molecule has 1 aliphatic carbocycles. The van der Waals surface area contributed by atoms with Gasteiger partial charge in [0.25, 0.3) is 0 Å². The number of aliphatic hydroxyl groups excluding tert-OH is 1. The minimum Gasteiger partial charge on any atom is -0.478 e. The molecule has 1 fully saturated rings. The molecule has 1 rings (SSSR count). The molecule has 2 N–H and O–H groups in total. The molecule has 0 saturated heterocycles. The first-order chi connectivity index (χ1) is 8.06. The molecular formula is C13H23NO3. The lowest BCUT2D eigenvalue weighted by atomic mass is 9.91. The lowest BCUT2D eigenvalue weighted by Gasteiger charge is -2.34. The van der Waals surface area contributed by atoms with Crippen LogP contribution < -0.4 is 0 Å². The smallest absolute Gasteiger partial charge is 0.331 e. The van der Waals surface area contributed by atoms with Gasteiger partial charge in [-0.05, 0) is 26.3 Å². The van der Waals surface area contributed by atoms with Gasteiger partial charge in [-0.1, -0.05) is 25.8 Å². The number of carboxylic acids is 1. The molecule has 1 aliphatic rings. The number of likely N-dealkylation sites (N-methyl/N-ethyl adjacent to an activating group) is 1. The summed E-state index contributed by atoms with van der Waals surface area (Å²) in [6.45, 7) is 2.44. The Morgan fingerprint density at radius 3 is 2.59 bits per heavy atom. The van der Waals surface area contributed by atoms with E-state index in [2.05, 4.69) is 4.90 Å². The van der Waals surface area contributed by atoms with Gasteiger partial charge in [0, 0.05) is 18.2 Å². The molecule has 0 spiro atoms. The third-order valence-electron chi connectivity index (χ3n) is 3.54. The number of aliphatic hydroxyl groups is 1. The molecule has 0 amide bonds. The maximum absolute atomic E-state index is 10.8. The van der Waals surface area contributed by atoms with Gasteiger partial charge in [0.1, 0.15) is 0 Å². The van der Waals surface area contributed by atoms with Gasteiger partial charge in [-0.25, -0.2) is 4.79 Å². The Kier molecular flexibility index (Phi) is 5.65. The Morgan fingerprint density at radius 1 is 1.41 bits per heavy atom. The van der Waals surface area contributed by atoms with Crippen molar-refractivity contribution in [3.63, 3.8) is 0 Å². The van der Waals surface area contributed by atoms with Crippen LogP contribution >= 0.6 is 0 Å². The molecule has 4 nitrogen and oxygen atoms in total. The molecule has 0 heterocycles. The summed E-state index contributed by atoms with van der Waals surface area (Å²) in [4.78, 5) is 12.9. The van der Waals surface area contributed by atoms with E-state index in [-0.39, 0.29) is 12.1 Å². The summed E-state index contributed by atoms with van der Waals surface area (Å²) >= 11 is 0. The van der Waals surface area contributed by atoms with Crippen molar-refractivity contribution in [3.05, 3.63) is 11.6 Å². The minimum atomic E-state index is -0.843.